The fraction of sp³-hybridized carbons (Fsp3) is 0.0526. The number of hydrogen-bond acceptors (Lipinski definition) is 5. The van der Waals surface area contributed by atoms with E-state index in [-0.39, 0.29) is 5.75 Å². The predicted octanol–water partition coefficient (Wildman–Crippen LogP) is 3.80. The van der Waals surface area contributed by atoms with E-state index in [2.05, 4.69) is 20.2 Å². The maximum absolute atomic E-state index is 10.1. The summed E-state index contributed by atoms with van der Waals surface area (Å²) in [7, 11) is 0. The Bertz CT molecular complexity index is 1320. The van der Waals surface area contributed by atoms with Crippen molar-refractivity contribution in [2.75, 3.05) is 0 Å². The van der Waals surface area contributed by atoms with Gasteiger partial charge in [0.05, 0.1) is 22.8 Å². The molecule has 2 aromatic carbocycles. The number of halogens is 1. The SMILES string of the molecule is Cc1ccc(Cl)cc1-n1ncc2c1ncn1nc(-c3ccccc3O)nc21. The monoisotopic (exact) mass is 376 g/mol. The third kappa shape index (κ3) is 2.43. The third-order valence-corrected chi connectivity index (χ3v) is 4.68. The van der Waals surface area contributed by atoms with Crippen LogP contribution in [-0.4, -0.2) is 34.5 Å². The lowest BCUT2D eigenvalue weighted by atomic mass is 10.2. The minimum absolute atomic E-state index is 0.128. The van der Waals surface area contributed by atoms with Gasteiger partial charge in [-0.15, -0.1) is 5.10 Å². The van der Waals surface area contributed by atoms with Crippen molar-refractivity contribution in [3.05, 3.63) is 65.6 Å². The summed E-state index contributed by atoms with van der Waals surface area (Å²) in [5.41, 5.74) is 3.72. The second-order valence-electron chi connectivity index (χ2n) is 6.19. The highest BCUT2D eigenvalue weighted by molar-refractivity contribution is 6.30. The lowest BCUT2D eigenvalue weighted by Crippen LogP contribution is -2.01. The van der Waals surface area contributed by atoms with Gasteiger partial charge in [-0.1, -0.05) is 29.8 Å². The molecule has 0 spiro atoms. The van der Waals surface area contributed by atoms with Crippen molar-refractivity contribution in [3.63, 3.8) is 0 Å². The zero-order chi connectivity index (χ0) is 18.5. The Morgan fingerprint density at radius 1 is 1.07 bits per heavy atom. The molecular formula is C19H13ClN6O. The van der Waals surface area contributed by atoms with Gasteiger partial charge < -0.3 is 5.11 Å². The number of phenols is 1. The van der Waals surface area contributed by atoms with E-state index in [1.807, 2.05) is 31.2 Å². The number of hydrogen-bond donors (Lipinski definition) is 1. The first-order valence-corrected chi connectivity index (χ1v) is 8.63. The molecule has 132 valence electrons. The Balaban J connectivity index is 1.74. The standard InChI is InChI=1S/C19H13ClN6O/c1-11-6-7-12(20)8-15(11)26-18-14(9-22-26)19-23-17(24-25(19)10-21-18)13-4-2-3-5-16(13)27/h2-10,27H,1H3. The van der Waals surface area contributed by atoms with Gasteiger partial charge in [0.25, 0.3) is 0 Å². The van der Waals surface area contributed by atoms with E-state index >= 15 is 0 Å². The van der Waals surface area contributed by atoms with Crippen LogP contribution in [-0.2, 0) is 0 Å². The van der Waals surface area contributed by atoms with Gasteiger partial charge in [-0.25, -0.2) is 19.2 Å². The minimum Gasteiger partial charge on any atom is -0.507 e. The topological polar surface area (TPSA) is 81.1 Å². The summed E-state index contributed by atoms with van der Waals surface area (Å²) < 4.78 is 3.33. The summed E-state index contributed by atoms with van der Waals surface area (Å²) >= 11 is 6.15. The number of aromatic hydroxyl groups is 1. The normalized spacial score (nSPS) is 11.5. The quantitative estimate of drug-likeness (QED) is 0.507. The van der Waals surface area contributed by atoms with Crippen molar-refractivity contribution in [2.45, 2.75) is 6.92 Å². The number of phenolic OH excluding ortho intramolecular Hbond substituents is 1. The zero-order valence-electron chi connectivity index (χ0n) is 14.2. The van der Waals surface area contributed by atoms with E-state index < -0.39 is 0 Å². The van der Waals surface area contributed by atoms with Crippen LogP contribution in [0.5, 0.6) is 5.75 Å². The fourth-order valence-corrected chi connectivity index (χ4v) is 3.25. The largest absolute Gasteiger partial charge is 0.507 e. The number of nitrogens with zero attached hydrogens (tertiary/aromatic N) is 6. The van der Waals surface area contributed by atoms with Gasteiger partial charge in [0, 0.05) is 5.02 Å². The summed E-state index contributed by atoms with van der Waals surface area (Å²) in [4.78, 5) is 9.09. The van der Waals surface area contributed by atoms with Crippen molar-refractivity contribution in [1.82, 2.24) is 29.4 Å². The van der Waals surface area contributed by atoms with Crippen LogP contribution >= 0.6 is 11.6 Å². The van der Waals surface area contributed by atoms with Crippen molar-refractivity contribution in [2.24, 2.45) is 0 Å². The van der Waals surface area contributed by atoms with Gasteiger partial charge in [0.1, 0.15) is 12.1 Å². The molecule has 8 heteroatoms. The molecule has 3 aromatic heterocycles. The summed E-state index contributed by atoms with van der Waals surface area (Å²) in [5, 5.41) is 20.4. The predicted molar refractivity (Wildman–Crippen MR) is 102 cm³/mol. The molecule has 7 nitrogen and oxygen atoms in total. The van der Waals surface area contributed by atoms with Gasteiger partial charge in [0.15, 0.2) is 17.1 Å². The van der Waals surface area contributed by atoms with Crippen LogP contribution in [0, 0.1) is 6.92 Å². The summed E-state index contributed by atoms with van der Waals surface area (Å²) in [6, 6.07) is 12.6. The minimum atomic E-state index is 0.128. The van der Waals surface area contributed by atoms with E-state index in [0.717, 1.165) is 16.6 Å². The van der Waals surface area contributed by atoms with Gasteiger partial charge >= 0.3 is 0 Å². The molecular weight excluding hydrogens is 364 g/mol. The molecule has 0 fully saturated rings. The first-order valence-electron chi connectivity index (χ1n) is 8.26. The summed E-state index contributed by atoms with van der Waals surface area (Å²) in [6.07, 6.45) is 3.30. The van der Waals surface area contributed by atoms with Crippen molar-refractivity contribution < 1.29 is 5.11 Å². The zero-order valence-corrected chi connectivity index (χ0v) is 15.0. The molecule has 27 heavy (non-hydrogen) atoms. The van der Waals surface area contributed by atoms with E-state index in [4.69, 9.17) is 11.6 Å². The average Bonchev–Trinajstić information content (AvgIpc) is 3.27. The molecule has 0 radical (unpaired) electrons. The number of para-hydroxylation sites is 1. The molecule has 0 unspecified atom stereocenters. The Morgan fingerprint density at radius 3 is 2.78 bits per heavy atom. The lowest BCUT2D eigenvalue weighted by Gasteiger charge is -2.07. The molecule has 0 saturated heterocycles. The summed E-state index contributed by atoms with van der Waals surface area (Å²) in [6.45, 7) is 1.99. The molecule has 0 amide bonds. The van der Waals surface area contributed by atoms with Crippen LogP contribution < -0.4 is 0 Å². The molecule has 0 aliphatic carbocycles. The summed E-state index contributed by atoms with van der Waals surface area (Å²) in [5.74, 6) is 0.553. The van der Waals surface area contributed by atoms with Crippen LogP contribution in [0.3, 0.4) is 0 Å². The first-order chi connectivity index (χ1) is 13.1. The van der Waals surface area contributed by atoms with Crippen molar-refractivity contribution >= 4 is 28.3 Å². The highest BCUT2D eigenvalue weighted by atomic mass is 35.5. The van der Waals surface area contributed by atoms with Crippen LogP contribution in [0.1, 0.15) is 5.56 Å². The number of aromatic nitrogens is 6. The van der Waals surface area contributed by atoms with Gasteiger partial charge in [0.2, 0.25) is 0 Å². The molecule has 0 bridgehead atoms. The Hall–Kier alpha value is -3.45. The fourth-order valence-electron chi connectivity index (χ4n) is 3.08. The molecule has 0 atom stereocenters. The highest BCUT2D eigenvalue weighted by Crippen LogP contribution is 2.28. The number of rotatable bonds is 2. The smallest absolute Gasteiger partial charge is 0.185 e. The van der Waals surface area contributed by atoms with E-state index in [1.54, 1.807) is 39.9 Å². The Morgan fingerprint density at radius 2 is 1.93 bits per heavy atom. The van der Waals surface area contributed by atoms with Gasteiger partial charge in [-0.05, 0) is 36.8 Å². The maximum Gasteiger partial charge on any atom is 0.185 e. The first kappa shape index (κ1) is 15.8. The average molecular weight is 377 g/mol. The molecule has 5 rings (SSSR count). The van der Waals surface area contributed by atoms with Crippen LogP contribution in [0.25, 0.3) is 33.8 Å². The van der Waals surface area contributed by atoms with Crippen LogP contribution in [0.15, 0.2) is 55.0 Å². The van der Waals surface area contributed by atoms with Crippen LogP contribution in [0.2, 0.25) is 5.02 Å². The van der Waals surface area contributed by atoms with Gasteiger partial charge in [-0.3, -0.25) is 0 Å². The number of fused-ring (bicyclic) bond motifs is 3. The molecule has 3 heterocycles. The molecule has 5 aromatic rings. The molecule has 1 N–H and O–H groups in total. The van der Waals surface area contributed by atoms with E-state index in [1.165, 1.54) is 0 Å². The second kappa shape index (κ2) is 5.78. The Labute approximate surface area is 158 Å². The second-order valence-corrected chi connectivity index (χ2v) is 6.63. The number of aryl methyl sites for hydroxylation is 1. The van der Waals surface area contributed by atoms with Crippen molar-refractivity contribution in [3.8, 4) is 22.8 Å². The Kier molecular flexibility index (Phi) is 3.38. The van der Waals surface area contributed by atoms with Gasteiger partial charge in [-0.2, -0.15) is 5.10 Å². The van der Waals surface area contributed by atoms with Crippen molar-refractivity contribution in [1.29, 1.82) is 0 Å². The highest BCUT2D eigenvalue weighted by Gasteiger charge is 2.16. The maximum atomic E-state index is 10.1. The number of benzene rings is 2. The van der Waals surface area contributed by atoms with E-state index in [0.29, 0.717) is 27.7 Å². The lowest BCUT2D eigenvalue weighted by molar-refractivity contribution is 0.477. The molecule has 0 aliphatic heterocycles. The van der Waals surface area contributed by atoms with E-state index in [9.17, 15) is 5.11 Å². The molecule has 0 saturated carbocycles. The third-order valence-electron chi connectivity index (χ3n) is 4.45. The van der Waals surface area contributed by atoms with Crippen LogP contribution in [0.4, 0.5) is 0 Å². The molecule has 0 aliphatic rings.